The molecule has 1 N–H and O–H groups in total. The first-order valence-electron chi connectivity index (χ1n) is 8.16. The van der Waals surface area contributed by atoms with Crippen LogP contribution < -0.4 is 10.1 Å². The summed E-state index contributed by atoms with van der Waals surface area (Å²) >= 11 is 0. The second kappa shape index (κ2) is 8.98. The van der Waals surface area contributed by atoms with Crippen LogP contribution in [0.15, 0.2) is 34.9 Å². The van der Waals surface area contributed by atoms with E-state index in [-0.39, 0.29) is 11.7 Å². The molecule has 0 fully saturated rings. The summed E-state index contributed by atoms with van der Waals surface area (Å²) in [5.74, 6) is 0.638. The molecule has 1 amide bonds. The molecule has 0 atom stereocenters. The molecular formula is C18H24N2O3. The highest BCUT2D eigenvalue weighted by Gasteiger charge is 2.11. The van der Waals surface area contributed by atoms with Gasteiger partial charge >= 0.3 is 0 Å². The van der Waals surface area contributed by atoms with Crippen LogP contribution in [0, 0.1) is 6.92 Å². The van der Waals surface area contributed by atoms with Gasteiger partial charge < -0.3 is 14.6 Å². The van der Waals surface area contributed by atoms with E-state index in [0.29, 0.717) is 18.0 Å². The van der Waals surface area contributed by atoms with Crippen LogP contribution in [0.25, 0.3) is 0 Å². The van der Waals surface area contributed by atoms with E-state index < -0.39 is 0 Å². The van der Waals surface area contributed by atoms with Gasteiger partial charge in [0.1, 0.15) is 5.75 Å². The van der Waals surface area contributed by atoms with Crippen molar-refractivity contribution in [3.05, 3.63) is 41.8 Å². The van der Waals surface area contributed by atoms with E-state index in [0.717, 1.165) is 12.2 Å². The molecule has 0 aliphatic heterocycles. The van der Waals surface area contributed by atoms with Crippen molar-refractivity contribution in [1.82, 2.24) is 5.16 Å². The lowest BCUT2D eigenvalue weighted by Crippen LogP contribution is -2.11. The van der Waals surface area contributed by atoms with Crippen LogP contribution in [-0.4, -0.2) is 17.7 Å². The Morgan fingerprint density at radius 3 is 2.78 bits per heavy atom. The zero-order valence-corrected chi connectivity index (χ0v) is 13.8. The van der Waals surface area contributed by atoms with Crippen molar-refractivity contribution in [2.75, 3.05) is 11.9 Å². The van der Waals surface area contributed by atoms with Crippen LogP contribution in [0.3, 0.4) is 0 Å². The Bertz CT molecular complexity index is 622. The molecular weight excluding hydrogens is 292 g/mol. The number of carbonyl (C=O) groups excluding carboxylic acids is 1. The molecule has 0 bridgehead atoms. The van der Waals surface area contributed by atoms with E-state index in [2.05, 4.69) is 17.4 Å². The lowest BCUT2D eigenvalue weighted by Gasteiger charge is -2.08. The summed E-state index contributed by atoms with van der Waals surface area (Å²) in [7, 11) is 0. The van der Waals surface area contributed by atoms with Crippen molar-refractivity contribution in [2.24, 2.45) is 0 Å². The van der Waals surface area contributed by atoms with Crippen LogP contribution in [0.1, 0.15) is 55.3 Å². The Morgan fingerprint density at radius 2 is 2.04 bits per heavy atom. The molecule has 0 radical (unpaired) electrons. The quantitative estimate of drug-likeness (QED) is 0.687. The maximum atomic E-state index is 12.0. The number of anilines is 1. The first kappa shape index (κ1) is 17.1. The zero-order chi connectivity index (χ0) is 16.5. The number of unbranched alkanes of at least 4 members (excludes halogenated alkanes) is 4. The van der Waals surface area contributed by atoms with Crippen molar-refractivity contribution in [2.45, 2.75) is 46.0 Å². The maximum Gasteiger partial charge on any atom is 0.294 e. The van der Waals surface area contributed by atoms with Crippen molar-refractivity contribution < 1.29 is 14.1 Å². The van der Waals surface area contributed by atoms with Crippen LogP contribution in [-0.2, 0) is 0 Å². The van der Waals surface area contributed by atoms with E-state index in [1.165, 1.54) is 25.7 Å². The number of hydrogen-bond acceptors (Lipinski definition) is 4. The molecule has 5 nitrogen and oxygen atoms in total. The lowest BCUT2D eigenvalue weighted by atomic mass is 10.2. The highest BCUT2D eigenvalue weighted by molar-refractivity contribution is 6.02. The molecule has 5 heteroatoms. The standard InChI is InChI=1S/C18H24N2O3/c1-3-4-5-6-7-11-22-16-10-8-9-15(13-16)19-18(21)17-12-14(2)20-23-17/h8-10,12-13H,3-7,11H2,1-2H3,(H,19,21). The third-order valence-electron chi connectivity index (χ3n) is 3.46. The van der Waals surface area contributed by atoms with Crippen LogP contribution in [0.2, 0.25) is 0 Å². The van der Waals surface area contributed by atoms with Crippen molar-refractivity contribution in [1.29, 1.82) is 0 Å². The average Bonchev–Trinajstić information content (AvgIpc) is 2.98. The van der Waals surface area contributed by atoms with Crippen molar-refractivity contribution in [3.8, 4) is 5.75 Å². The summed E-state index contributed by atoms with van der Waals surface area (Å²) in [5.41, 5.74) is 1.35. The number of rotatable bonds is 9. The molecule has 1 aromatic carbocycles. The fourth-order valence-corrected chi connectivity index (χ4v) is 2.22. The molecule has 2 rings (SSSR count). The number of benzene rings is 1. The number of amides is 1. The predicted molar refractivity (Wildman–Crippen MR) is 89.9 cm³/mol. The van der Waals surface area contributed by atoms with Gasteiger partial charge in [0.2, 0.25) is 5.76 Å². The number of aromatic nitrogens is 1. The molecule has 1 heterocycles. The number of aryl methyl sites for hydroxylation is 1. The molecule has 2 aromatic rings. The number of nitrogens with one attached hydrogen (secondary N) is 1. The summed E-state index contributed by atoms with van der Waals surface area (Å²) in [6.45, 7) is 4.67. The van der Waals surface area contributed by atoms with Gasteiger partial charge in [0.25, 0.3) is 5.91 Å². The summed E-state index contributed by atoms with van der Waals surface area (Å²) in [6, 6.07) is 8.97. The van der Waals surface area contributed by atoms with Gasteiger partial charge in [0.05, 0.1) is 12.3 Å². The van der Waals surface area contributed by atoms with Crippen molar-refractivity contribution >= 4 is 11.6 Å². The van der Waals surface area contributed by atoms with Crippen LogP contribution in [0.5, 0.6) is 5.75 Å². The second-order valence-corrected chi connectivity index (χ2v) is 5.58. The Morgan fingerprint density at radius 1 is 1.22 bits per heavy atom. The smallest absolute Gasteiger partial charge is 0.294 e. The van der Waals surface area contributed by atoms with E-state index in [1.54, 1.807) is 13.0 Å². The largest absolute Gasteiger partial charge is 0.494 e. The molecule has 0 unspecified atom stereocenters. The maximum absolute atomic E-state index is 12.0. The molecule has 0 aliphatic rings. The number of hydrogen-bond donors (Lipinski definition) is 1. The third-order valence-corrected chi connectivity index (χ3v) is 3.46. The molecule has 1 aromatic heterocycles. The molecule has 0 saturated heterocycles. The number of ether oxygens (including phenoxy) is 1. The minimum Gasteiger partial charge on any atom is -0.494 e. The van der Waals surface area contributed by atoms with Gasteiger partial charge in [-0.05, 0) is 25.5 Å². The van der Waals surface area contributed by atoms with Crippen molar-refractivity contribution in [3.63, 3.8) is 0 Å². The molecule has 23 heavy (non-hydrogen) atoms. The predicted octanol–water partition coefficient (Wildman–Crippen LogP) is 4.58. The second-order valence-electron chi connectivity index (χ2n) is 5.58. The molecule has 0 spiro atoms. The highest BCUT2D eigenvalue weighted by atomic mass is 16.5. The Balaban J connectivity index is 1.81. The van der Waals surface area contributed by atoms with Gasteiger partial charge in [-0.25, -0.2) is 0 Å². The fourth-order valence-electron chi connectivity index (χ4n) is 2.22. The summed E-state index contributed by atoms with van der Waals surface area (Å²) in [5, 5.41) is 6.49. The molecule has 0 saturated carbocycles. The molecule has 124 valence electrons. The monoisotopic (exact) mass is 316 g/mol. The number of nitrogens with zero attached hydrogens (tertiary/aromatic N) is 1. The van der Waals surface area contributed by atoms with E-state index in [1.807, 2.05) is 24.3 Å². The molecule has 0 aliphatic carbocycles. The van der Waals surface area contributed by atoms with Gasteiger partial charge in [0, 0.05) is 17.8 Å². The van der Waals surface area contributed by atoms with Gasteiger partial charge in [-0.2, -0.15) is 0 Å². The minimum absolute atomic E-state index is 0.199. The number of carbonyl (C=O) groups is 1. The van der Waals surface area contributed by atoms with E-state index in [4.69, 9.17) is 9.26 Å². The van der Waals surface area contributed by atoms with Gasteiger partial charge in [0.15, 0.2) is 0 Å². The Labute approximate surface area is 137 Å². The van der Waals surface area contributed by atoms with E-state index >= 15 is 0 Å². The average molecular weight is 316 g/mol. The van der Waals surface area contributed by atoms with Gasteiger partial charge in [-0.1, -0.05) is 43.8 Å². The Hall–Kier alpha value is -2.30. The Kier molecular flexibility index (Phi) is 6.66. The highest BCUT2D eigenvalue weighted by Crippen LogP contribution is 2.19. The van der Waals surface area contributed by atoms with Gasteiger partial charge in [-0.3, -0.25) is 4.79 Å². The van der Waals surface area contributed by atoms with Crippen LogP contribution in [0.4, 0.5) is 5.69 Å². The normalized spacial score (nSPS) is 10.5. The van der Waals surface area contributed by atoms with E-state index in [9.17, 15) is 4.79 Å². The first-order chi connectivity index (χ1) is 11.2. The topological polar surface area (TPSA) is 64.4 Å². The SMILES string of the molecule is CCCCCCCOc1cccc(NC(=O)c2cc(C)no2)c1. The lowest BCUT2D eigenvalue weighted by molar-refractivity contribution is 0.0988. The first-order valence-corrected chi connectivity index (χ1v) is 8.16. The summed E-state index contributed by atoms with van der Waals surface area (Å²) in [6.07, 6.45) is 6.02. The summed E-state index contributed by atoms with van der Waals surface area (Å²) < 4.78 is 10.7. The third kappa shape index (κ3) is 5.77. The summed E-state index contributed by atoms with van der Waals surface area (Å²) in [4.78, 5) is 12.0. The minimum atomic E-state index is -0.317. The fraction of sp³-hybridized carbons (Fsp3) is 0.444. The van der Waals surface area contributed by atoms with Gasteiger partial charge in [-0.15, -0.1) is 0 Å². The van der Waals surface area contributed by atoms with Crippen LogP contribution >= 0.6 is 0 Å². The zero-order valence-electron chi connectivity index (χ0n) is 13.8.